The van der Waals surface area contributed by atoms with Crippen molar-refractivity contribution in [2.75, 3.05) is 7.05 Å². The van der Waals surface area contributed by atoms with Crippen LogP contribution in [-0.2, 0) is 13.5 Å². The summed E-state index contributed by atoms with van der Waals surface area (Å²) in [7, 11) is 4.01. The highest BCUT2D eigenvalue weighted by atomic mass is 15.4. The van der Waals surface area contributed by atoms with E-state index in [9.17, 15) is 0 Å². The summed E-state index contributed by atoms with van der Waals surface area (Å²) in [5.74, 6) is 0.918. The first-order valence-electron chi connectivity index (χ1n) is 5.32. The van der Waals surface area contributed by atoms with E-state index in [0.717, 1.165) is 12.3 Å². The van der Waals surface area contributed by atoms with Gasteiger partial charge in [0.05, 0.1) is 11.9 Å². The SMILES string of the molecule is CNC(CCc1cnnn1C)C1CC1. The third-order valence-electron chi connectivity index (χ3n) is 3.08. The summed E-state index contributed by atoms with van der Waals surface area (Å²) in [6, 6.07) is 0.685. The molecular formula is C10H18N4. The quantitative estimate of drug-likeness (QED) is 0.752. The largest absolute Gasteiger partial charge is 0.317 e. The molecule has 4 heteroatoms. The maximum atomic E-state index is 3.93. The van der Waals surface area contributed by atoms with Gasteiger partial charge in [-0.2, -0.15) is 0 Å². The molecule has 1 saturated carbocycles. The van der Waals surface area contributed by atoms with Crippen LogP contribution in [0.5, 0.6) is 0 Å². The fraction of sp³-hybridized carbons (Fsp3) is 0.800. The minimum Gasteiger partial charge on any atom is -0.317 e. The van der Waals surface area contributed by atoms with Crippen LogP contribution >= 0.6 is 0 Å². The van der Waals surface area contributed by atoms with E-state index < -0.39 is 0 Å². The van der Waals surface area contributed by atoms with E-state index in [0.29, 0.717) is 6.04 Å². The van der Waals surface area contributed by atoms with Gasteiger partial charge in [0.1, 0.15) is 0 Å². The minimum atomic E-state index is 0.685. The number of nitrogens with one attached hydrogen (secondary N) is 1. The zero-order valence-electron chi connectivity index (χ0n) is 8.90. The molecule has 1 atom stereocenters. The van der Waals surface area contributed by atoms with Crippen molar-refractivity contribution in [2.24, 2.45) is 13.0 Å². The van der Waals surface area contributed by atoms with Gasteiger partial charge in [0.25, 0.3) is 0 Å². The molecule has 1 aliphatic carbocycles. The first kappa shape index (κ1) is 9.65. The Kier molecular flexibility index (Phi) is 2.82. The van der Waals surface area contributed by atoms with Crippen molar-refractivity contribution in [3.63, 3.8) is 0 Å². The Balaban J connectivity index is 1.83. The van der Waals surface area contributed by atoms with Crippen molar-refractivity contribution in [2.45, 2.75) is 31.7 Å². The Labute approximate surface area is 84.7 Å². The molecule has 1 aromatic heterocycles. The van der Waals surface area contributed by atoms with Gasteiger partial charge in [0.2, 0.25) is 0 Å². The molecule has 1 fully saturated rings. The Morgan fingerprint density at radius 2 is 2.43 bits per heavy atom. The average Bonchev–Trinajstić information content (AvgIpc) is 2.93. The van der Waals surface area contributed by atoms with E-state index in [1.807, 2.05) is 17.9 Å². The van der Waals surface area contributed by atoms with Crippen molar-refractivity contribution in [3.8, 4) is 0 Å². The smallest absolute Gasteiger partial charge is 0.0724 e. The van der Waals surface area contributed by atoms with E-state index >= 15 is 0 Å². The zero-order valence-corrected chi connectivity index (χ0v) is 8.90. The molecular weight excluding hydrogens is 176 g/mol. The zero-order chi connectivity index (χ0) is 9.97. The molecule has 78 valence electrons. The molecule has 4 nitrogen and oxygen atoms in total. The maximum absolute atomic E-state index is 3.93. The van der Waals surface area contributed by atoms with Crippen LogP contribution in [0.1, 0.15) is 25.0 Å². The van der Waals surface area contributed by atoms with E-state index in [4.69, 9.17) is 0 Å². The van der Waals surface area contributed by atoms with Gasteiger partial charge < -0.3 is 5.32 Å². The summed E-state index contributed by atoms with van der Waals surface area (Å²) in [4.78, 5) is 0. The second kappa shape index (κ2) is 4.09. The summed E-state index contributed by atoms with van der Waals surface area (Å²) in [6.45, 7) is 0. The second-order valence-electron chi connectivity index (χ2n) is 4.12. The monoisotopic (exact) mass is 194 g/mol. The number of hydrogen-bond acceptors (Lipinski definition) is 3. The summed E-state index contributed by atoms with van der Waals surface area (Å²) >= 11 is 0. The van der Waals surface area contributed by atoms with Crippen LogP contribution in [0.15, 0.2) is 6.20 Å². The van der Waals surface area contributed by atoms with E-state index in [1.54, 1.807) is 0 Å². The van der Waals surface area contributed by atoms with E-state index in [-0.39, 0.29) is 0 Å². The standard InChI is InChI=1S/C10H18N4/c1-11-10(8-3-4-8)6-5-9-7-12-13-14(9)2/h7-8,10-11H,3-6H2,1-2H3. The van der Waals surface area contributed by atoms with Gasteiger partial charge in [-0.05, 0) is 38.6 Å². The van der Waals surface area contributed by atoms with Crippen LogP contribution < -0.4 is 5.32 Å². The molecule has 1 heterocycles. The molecule has 1 unspecified atom stereocenters. The Hall–Kier alpha value is -0.900. The van der Waals surface area contributed by atoms with Gasteiger partial charge in [-0.25, -0.2) is 0 Å². The number of aryl methyl sites for hydroxylation is 2. The van der Waals surface area contributed by atoms with Crippen LogP contribution in [0.2, 0.25) is 0 Å². The summed E-state index contributed by atoms with van der Waals surface area (Å²) in [5, 5.41) is 11.2. The van der Waals surface area contributed by atoms with Crippen LogP contribution in [0.4, 0.5) is 0 Å². The Morgan fingerprint density at radius 3 is 2.93 bits per heavy atom. The number of nitrogens with zero attached hydrogens (tertiary/aromatic N) is 3. The lowest BCUT2D eigenvalue weighted by molar-refractivity contribution is 0.464. The van der Waals surface area contributed by atoms with Gasteiger partial charge in [-0.1, -0.05) is 5.21 Å². The van der Waals surface area contributed by atoms with Gasteiger partial charge in [-0.15, -0.1) is 5.10 Å². The van der Waals surface area contributed by atoms with Crippen LogP contribution in [0.3, 0.4) is 0 Å². The molecule has 14 heavy (non-hydrogen) atoms. The Morgan fingerprint density at radius 1 is 1.64 bits per heavy atom. The lowest BCUT2D eigenvalue weighted by atomic mass is 10.1. The lowest BCUT2D eigenvalue weighted by Crippen LogP contribution is -2.28. The fourth-order valence-corrected chi connectivity index (χ4v) is 1.95. The fourth-order valence-electron chi connectivity index (χ4n) is 1.95. The molecule has 2 rings (SSSR count). The molecule has 0 saturated heterocycles. The van der Waals surface area contributed by atoms with Crippen LogP contribution in [-0.4, -0.2) is 28.1 Å². The van der Waals surface area contributed by atoms with Gasteiger partial charge >= 0.3 is 0 Å². The predicted octanol–water partition coefficient (Wildman–Crippen LogP) is 0.746. The van der Waals surface area contributed by atoms with Crippen molar-refractivity contribution in [3.05, 3.63) is 11.9 Å². The molecule has 0 amide bonds. The van der Waals surface area contributed by atoms with Gasteiger partial charge in [0, 0.05) is 13.1 Å². The highest BCUT2D eigenvalue weighted by Gasteiger charge is 2.29. The molecule has 1 aromatic rings. The molecule has 0 spiro atoms. The number of hydrogen-bond donors (Lipinski definition) is 1. The van der Waals surface area contributed by atoms with Crippen molar-refractivity contribution in [1.29, 1.82) is 0 Å². The normalized spacial score (nSPS) is 18.4. The average molecular weight is 194 g/mol. The number of rotatable bonds is 5. The van der Waals surface area contributed by atoms with Crippen LogP contribution in [0.25, 0.3) is 0 Å². The lowest BCUT2D eigenvalue weighted by Gasteiger charge is -2.14. The highest BCUT2D eigenvalue weighted by molar-refractivity contribution is 4.96. The van der Waals surface area contributed by atoms with E-state index in [2.05, 4.69) is 22.7 Å². The molecule has 0 radical (unpaired) electrons. The highest BCUT2D eigenvalue weighted by Crippen LogP contribution is 2.34. The Bertz CT molecular complexity index is 290. The van der Waals surface area contributed by atoms with Gasteiger partial charge in [0.15, 0.2) is 0 Å². The maximum Gasteiger partial charge on any atom is 0.0724 e. The first-order valence-corrected chi connectivity index (χ1v) is 5.32. The third kappa shape index (κ3) is 2.12. The molecule has 0 aliphatic heterocycles. The predicted molar refractivity (Wildman–Crippen MR) is 54.9 cm³/mol. The minimum absolute atomic E-state index is 0.685. The molecule has 0 aromatic carbocycles. The first-order chi connectivity index (χ1) is 6.81. The molecule has 1 aliphatic rings. The van der Waals surface area contributed by atoms with Crippen molar-refractivity contribution >= 4 is 0 Å². The van der Waals surface area contributed by atoms with Crippen molar-refractivity contribution < 1.29 is 0 Å². The topological polar surface area (TPSA) is 42.7 Å². The number of aromatic nitrogens is 3. The second-order valence-corrected chi connectivity index (χ2v) is 4.12. The van der Waals surface area contributed by atoms with Gasteiger partial charge in [-0.3, -0.25) is 4.68 Å². The molecule has 0 bridgehead atoms. The summed E-state index contributed by atoms with van der Waals surface area (Å²) < 4.78 is 1.86. The third-order valence-corrected chi connectivity index (χ3v) is 3.08. The summed E-state index contributed by atoms with van der Waals surface area (Å²) in [5.41, 5.74) is 1.23. The van der Waals surface area contributed by atoms with E-state index in [1.165, 1.54) is 25.0 Å². The molecule has 1 N–H and O–H groups in total. The van der Waals surface area contributed by atoms with Crippen molar-refractivity contribution in [1.82, 2.24) is 20.3 Å². The summed E-state index contributed by atoms with van der Waals surface area (Å²) in [6.07, 6.45) is 6.93. The van der Waals surface area contributed by atoms with Crippen LogP contribution in [0, 0.1) is 5.92 Å².